The number of hydrogen-bond donors (Lipinski definition) is 2. The van der Waals surface area contributed by atoms with Gasteiger partial charge < -0.3 is 10.2 Å². The Morgan fingerprint density at radius 3 is 1.40 bits per heavy atom. The summed E-state index contributed by atoms with van der Waals surface area (Å²) < 4.78 is 0. The minimum absolute atomic E-state index is 0. The van der Waals surface area contributed by atoms with Gasteiger partial charge in [0.15, 0.2) is 0 Å². The van der Waals surface area contributed by atoms with Crippen molar-refractivity contribution >= 4 is 0 Å². The molecule has 2 N–H and O–H groups in total. The quantitative estimate of drug-likeness (QED) is 0.508. The molecule has 0 aromatic heterocycles. The molecule has 10 heavy (non-hydrogen) atoms. The molecule has 0 bridgehead atoms. The van der Waals surface area contributed by atoms with Gasteiger partial charge in [0.2, 0.25) is 0 Å². The zero-order valence-corrected chi connectivity index (χ0v) is 9.16. The smallest absolute Gasteiger partial charge is 0.0319 e. The van der Waals surface area contributed by atoms with Crippen LogP contribution in [-0.2, 0) is 26.2 Å². The average molecular weight is 222 g/mol. The van der Waals surface area contributed by atoms with Crippen molar-refractivity contribution in [2.75, 3.05) is 14.2 Å². The predicted octanol–water partition coefficient (Wildman–Crippen LogP) is 0.766. The van der Waals surface area contributed by atoms with Gasteiger partial charge in [0.25, 0.3) is 0 Å². The Morgan fingerprint density at radius 1 is 1.10 bits per heavy atom. The van der Waals surface area contributed by atoms with E-state index in [-0.39, 0.29) is 26.2 Å². The van der Waals surface area contributed by atoms with Crippen LogP contribution in [0.4, 0.5) is 0 Å². The summed E-state index contributed by atoms with van der Waals surface area (Å²) in [5.41, 5.74) is 0. The molecule has 60 valence electrons. The molecule has 0 heterocycles. The minimum Gasteiger partial charge on any atom is -0.400 e. The van der Waals surface area contributed by atoms with E-state index in [9.17, 15) is 0 Å². The number of allylic oxidation sites excluding steroid dienone is 3. The molecule has 0 aromatic rings. The molecule has 0 saturated heterocycles. The summed E-state index contributed by atoms with van der Waals surface area (Å²) in [6, 6.07) is 0. The number of hydrogen-bond acceptors (Lipinski definition) is 2. The van der Waals surface area contributed by atoms with Crippen LogP contribution in [0.15, 0.2) is 18.2 Å². The van der Waals surface area contributed by atoms with E-state index in [1.165, 1.54) is 6.08 Å². The Kier molecular flexibility index (Phi) is 133. The van der Waals surface area contributed by atoms with Gasteiger partial charge in [0.05, 0.1) is 0 Å². The van der Waals surface area contributed by atoms with Gasteiger partial charge in [0, 0.05) is 40.4 Å². The maximum atomic E-state index is 7.00. The second kappa shape index (κ2) is 59.1. The van der Waals surface area contributed by atoms with Crippen molar-refractivity contribution in [3.63, 3.8) is 0 Å². The monoisotopic (exact) mass is 221 g/mol. The molecule has 0 fully saturated rings. The first-order valence-electron chi connectivity index (χ1n) is 2.47. The molecule has 0 spiro atoms. The number of rotatable bonds is 1. The summed E-state index contributed by atoms with van der Waals surface area (Å²) >= 11 is 0. The van der Waals surface area contributed by atoms with Crippen molar-refractivity contribution in [1.82, 2.24) is 0 Å². The minimum atomic E-state index is 0. The zero-order valence-electron chi connectivity index (χ0n) is 6.70. The van der Waals surface area contributed by atoms with Gasteiger partial charge in [-0.25, -0.2) is 12.2 Å². The topological polar surface area (TPSA) is 40.5 Å². The van der Waals surface area contributed by atoms with Crippen molar-refractivity contribution in [2.24, 2.45) is 0 Å². The first-order valence-corrected chi connectivity index (χ1v) is 2.47. The summed E-state index contributed by atoms with van der Waals surface area (Å²) in [5, 5.41) is 14.0. The number of aliphatic hydroxyl groups excluding tert-OH is 2. The van der Waals surface area contributed by atoms with Crippen LogP contribution in [0.1, 0.15) is 6.92 Å². The van der Waals surface area contributed by atoms with E-state index in [0.29, 0.717) is 0 Å². The Hall–Kier alpha value is 0.283. The summed E-state index contributed by atoms with van der Waals surface area (Å²) in [6.07, 6.45) is 5.15. The Morgan fingerprint density at radius 2 is 1.40 bits per heavy atom. The molecular weight excluding hydrogens is 207 g/mol. The van der Waals surface area contributed by atoms with Crippen LogP contribution < -0.4 is 0 Å². The number of aliphatic hydroxyl groups is 2. The van der Waals surface area contributed by atoms with E-state index in [4.69, 9.17) is 16.8 Å². The van der Waals surface area contributed by atoms with Crippen LogP contribution in [0.25, 0.3) is 0 Å². The summed E-state index contributed by atoms with van der Waals surface area (Å²) in [7, 11) is 2.00. The molecular formula is C7H15O2Zr-. The molecule has 0 aliphatic rings. The van der Waals surface area contributed by atoms with Crippen molar-refractivity contribution in [2.45, 2.75) is 6.92 Å². The Bertz CT molecular complexity index is 53.6. The summed E-state index contributed by atoms with van der Waals surface area (Å²) in [6.45, 7) is 6.85. The SMILES string of the molecule is CO.CO.[CH-]=CC=CC.[Zr]. The van der Waals surface area contributed by atoms with Crippen LogP contribution in [0.5, 0.6) is 0 Å². The molecule has 0 atom stereocenters. The molecule has 0 aliphatic heterocycles. The van der Waals surface area contributed by atoms with Crippen LogP contribution in [-0.4, -0.2) is 24.4 Å². The first kappa shape index (κ1) is 22.4. The Labute approximate surface area is 82.4 Å². The van der Waals surface area contributed by atoms with E-state index < -0.39 is 0 Å². The standard InChI is InChI=1S/C5H7.2CH4O.Zr/c1-3-5-4-2;2*1-2;/h1,3-5H,2H3;2*2H,1H3;/q-1;;;. The third-order valence-electron chi connectivity index (χ3n) is 0.304. The van der Waals surface area contributed by atoms with Gasteiger partial charge in [-0.1, -0.05) is 6.92 Å². The molecule has 0 amide bonds. The van der Waals surface area contributed by atoms with Crippen molar-refractivity contribution in [3.05, 3.63) is 24.8 Å². The van der Waals surface area contributed by atoms with Gasteiger partial charge in [0.1, 0.15) is 0 Å². The second-order valence-corrected chi connectivity index (χ2v) is 0.718. The third-order valence-corrected chi connectivity index (χ3v) is 0.304. The van der Waals surface area contributed by atoms with E-state index in [2.05, 4.69) is 0 Å². The molecule has 0 rings (SSSR count). The van der Waals surface area contributed by atoms with Gasteiger partial charge in [-0.2, -0.15) is 6.08 Å². The molecule has 3 heteroatoms. The van der Waals surface area contributed by atoms with Crippen LogP contribution in [0.3, 0.4) is 0 Å². The van der Waals surface area contributed by atoms with Crippen LogP contribution >= 0.6 is 0 Å². The molecule has 0 saturated carbocycles. The zero-order chi connectivity index (χ0) is 8.12. The van der Waals surface area contributed by atoms with E-state index in [1.807, 2.05) is 13.0 Å². The van der Waals surface area contributed by atoms with Gasteiger partial charge in [-0.05, 0) is 0 Å². The average Bonchev–Trinajstić information content (AvgIpc) is 1.98. The van der Waals surface area contributed by atoms with E-state index in [1.54, 1.807) is 6.08 Å². The summed E-state index contributed by atoms with van der Waals surface area (Å²) in [4.78, 5) is 0. The van der Waals surface area contributed by atoms with Crippen LogP contribution in [0, 0.1) is 6.58 Å². The molecule has 0 unspecified atom stereocenters. The summed E-state index contributed by atoms with van der Waals surface area (Å²) in [5.74, 6) is 0. The van der Waals surface area contributed by atoms with Gasteiger partial charge in [-0.15, -0.1) is 0 Å². The Balaban J connectivity index is -0.0000000315. The maximum absolute atomic E-state index is 7.00. The molecule has 2 nitrogen and oxygen atoms in total. The van der Waals surface area contributed by atoms with E-state index >= 15 is 0 Å². The molecule has 0 aromatic carbocycles. The van der Waals surface area contributed by atoms with Crippen molar-refractivity contribution in [1.29, 1.82) is 0 Å². The van der Waals surface area contributed by atoms with Crippen LogP contribution in [0.2, 0.25) is 0 Å². The predicted molar refractivity (Wildman–Crippen MR) is 40.0 cm³/mol. The van der Waals surface area contributed by atoms with Gasteiger partial charge in [-0.3, -0.25) is 6.58 Å². The third kappa shape index (κ3) is 84.3. The van der Waals surface area contributed by atoms with Crippen molar-refractivity contribution < 1.29 is 36.4 Å². The first-order chi connectivity index (χ1) is 4.41. The fourth-order valence-corrected chi connectivity index (χ4v) is 0.111. The fraction of sp³-hybridized carbons (Fsp3) is 0.429. The molecule has 0 radical (unpaired) electrons. The molecule has 0 aliphatic carbocycles. The maximum Gasteiger partial charge on any atom is 0.0319 e. The van der Waals surface area contributed by atoms with E-state index in [0.717, 1.165) is 14.2 Å². The fourth-order valence-electron chi connectivity index (χ4n) is 0.111. The largest absolute Gasteiger partial charge is 0.400 e. The van der Waals surface area contributed by atoms with Gasteiger partial charge >= 0.3 is 0 Å². The van der Waals surface area contributed by atoms with Crippen molar-refractivity contribution in [3.8, 4) is 0 Å². The second-order valence-electron chi connectivity index (χ2n) is 0.718. The normalized spacial score (nSPS) is 5.70.